The van der Waals surface area contributed by atoms with Crippen LogP contribution in [0, 0.1) is 13.8 Å². The van der Waals surface area contributed by atoms with Crippen LogP contribution >= 0.6 is 0 Å². The lowest BCUT2D eigenvalue weighted by Crippen LogP contribution is -2.23. The van der Waals surface area contributed by atoms with Crippen molar-refractivity contribution in [3.8, 4) is 0 Å². The Morgan fingerprint density at radius 1 is 1.05 bits per heavy atom. The molecule has 1 heterocycles. The van der Waals surface area contributed by atoms with Gasteiger partial charge in [0.05, 0.1) is 6.61 Å². The van der Waals surface area contributed by atoms with Crippen molar-refractivity contribution in [2.24, 2.45) is 0 Å². The molecule has 0 radical (unpaired) electrons. The summed E-state index contributed by atoms with van der Waals surface area (Å²) < 4.78 is 5.01. The van der Waals surface area contributed by atoms with Crippen LogP contribution in [0.3, 0.4) is 0 Å². The maximum atomic E-state index is 5.01. The van der Waals surface area contributed by atoms with E-state index in [1.807, 2.05) is 0 Å². The van der Waals surface area contributed by atoms with Crippen molar-refractivity contribution < 1.29 is 4.74 Å². The first-order valence-corrected chi connectivity index (χ1v) is 7.22. The molecular formula is C15H28N4O. The van der Waals surface area contributed by atoms with Gasteiger partial charge in [-0.2, -0.15) is 0 Å². The minimum Gasteiger partial charge on any atom is -0.383 e. The molecule has 1 aromatic heterocycles. The maximum absolute atomic E-state index is 5.01. The van der Waals surface area contributed by atoms with Crippen LogP contribution in [-0.2, 0) is 17.6 Å². The third-order valence-corrected chi connectivity index (χ3v) is 3.28. The van der Waals surface area contributed by atoms with Crippen LogP contribution in [0.25, 0.3) is 0 Å². The van der Waals surface area contributed by atoms with Crippen LogP contribution < -0.4 is 5.32 Å². The normalized spacial score (nSPS) is 11.3. The van der Waals surface area contributed by atoms with Gasteiger partial charge < -0.3 is 15.0 Å². The van der Waals surface area contributed by atoms with Crippen molar-refractivity contribution in [1.29, 1.82) is 0 Å². The second-order valence-electron chi connectivity index (χ2n) is 5.34. The summed E-state index contributed by atoms with van der Waals surface area (Å²) in [5, 5.41) is 3.36. The smallest absolute Gasteiger partial charge is 0.130 e. The van der Waals surface area contributed by atoms with Crippen molar-refractivity contribution in [2.75, 3.05) is 47.4 Å². The van der Waals surface area contributed by atoms with Crippen molar-refractivity contribution in [1.82, 2.24) is 20.2 Å². The molecule has 0 spiro atoms. The Kier molecular flexibility index (Phi) is 7.65. The summed E-state index contributed by atoms with van der Waals surface area (Å²) in [6, 6.07) is 0. The summed E-state index contributed by atoms with van der Waals surface area (Å²) in [6.07, 6.45) is 1.87. The number of rotatable bonds is 9. The molecule has 0 saturated carbocycles. The van der Waals surface area contributed by atoms with E-state index in [1.54, 1.807) is 7.11 Å². The summed E-state index contributed by atoms with van der Waals surface area (Å²) in [4.78, 5) is 11.4. The quantitative estimate of drug-likeness (QED) is 0.683. The molecular weight excluding hydrogens is 252 g/mol. The Morgan fingerprint density at radius 2 is 1.70 bits per heavy atom. The molecule has 114 valence electrons. The predicted octanol–water partition coefficient (Wildman–Crippen LogP) is 0.976. The highest BCUT2D eigenvalue weighted by Crippen LogP contribution is 2.11. The molecule has 5 nitrogen and oxygen atoms in total. The van der Waals surface area contributed by atoms with E-state index < -0.39 is 0 Å². The van der Waals surface area contributed by atoms with Gasteiger partial charge in [0.2, 0.25) is 0 Å². The number of methoxy groups -OCH3 is 1. The number of hydrogen-bond donors (Lipinski definition) is 1. The maximum Gasteiger partial charge on any atom is 0.130 e. The minimum atomic E-state index is 0.748. The van der Waals surface area contributed by atoms with E-state index in [4.69, 9.17) is 4.74 Å². The number of hydrogen-bond acceptors (Lipinski definition) is 5. The number of aromatic nitrogens is 2. The highest BCUT2D eigenvalue weighted by atomic mass is 16.5. The number of nitrogens with one attached hydrogen (secondary N) is 1. The van der Waals surface area contributed by atoms with E-state index in [0.717, 1.165) is 56.3 Å². The molecule has 0 amide bonds. The summed E-state index contributed by atoms with van der Waals surface area (Å²) in [5.41, 5.74) is 3.49. The standard InChI is InChI=1S/C15H28N4O/c1-12-14(6-8-16-9-11-20-5)13(2)18-15(17-12)7-10-19(3)4/h16H,6-11H2,1-5H3. The zero-order valence-corrected chi connectivity index (χ0v) is 13.5. The third kappa shape index (κ3) is 5.94. The van der Waals surface area contributed by atoms with E-state index in [1.165, 1.54) is 5.56 Å². The van der Waals surface area contributed by atoms with Gasteiger partial charge in [-0.25, -0.2) is 9.97 Å². The average Bonchev–Trinajstić information content (AvgIpc) is 2.38. The number of aryl methyl sites for hydroxylation is 2. The molecule has 0 aromatic carbocycles. The number of nitrogens with zero attached hydrogens (tertiary/aromatic N) is 3. The Balaban J connectivity index is 2.55. The largest absolute Gasteiger partial charge is 0.383 e. The number of ether oxygens (including phenoxy) is 1. The van der Waals surface area contributed by atoms with Crippen LogP contribution in [0.5, 0.6) is 0 Å². The zero-order chi connectivity index (χ0) is 15.0. The van der Waals surface area contributed by atoms with Gasteiger partial charge in [-0.15, -0.1) is 0 Å². The molecule has 0 bridgehead atoms. The van der Waals surface area contributed by atoms with Gasteiger partial charge in [0.15, 0.2) is 0 Å². The first-order valence-electron chi connectivity index (χ1n) is 7.22. The van der Waals surface area contributed by atoms with Crippen molar-refractivity contribution in [3.05, 3.63) is 22.8 Å². The fourth-order valence-corrected chi connectivity index (χ4v) is 2.12. The highest BCUT2D eigenvalue weighted by molar-refractivity contribution is 5.24. The molecule has 1 aromatic rings. The molecule has 20 heavy (non-hydrogen) atoms. The number of likely N-dealkylation sites (N-methyl/N-ethyl adjacent to an activating group) is 1. The van der Waals surface area contributed by atoms with Crippen LogP contribution in [0.15, 0.2) is 0 Å². The van der Waals surface area contributed by atoms with Crippen LogP contribution in [0.4, 0.5) is 0 Å². The lowest BCUT2D eigenvalue weighted by atomic mass is 10.1. The Bertz CT molecular complexity index is 384. The van der Waals surface area contributed by atoms with Gasteiger partial charge in [0.1, 0.15) is 5.82 Å². The average molecular weight is 280 g/mol. The van der Waals surface area contributed by atoms with E-state index >= 15 is 0 Å². The lowest BCUT2D eigenvalue weighted by Gasteiger charge is -2.13. The molecule has 1 N–H and O–H groups in total. The van der Waals surface area contributed by atoms with Gasteiger partial charge in [-0.3, -0.25) is 0 Å². The highest BCUT2D eigenvalue weighted by Gasteiger charge is 2.08. The second kappa shape index (κ2) is 9.00. The molecule has 0 saturated heterocycles. The van der Waals surface area contributed by atoms with E-state index in [2.05, 4.69) is 48.1 Å². The molecule has 0 fully saturated rings. The Labute approximate surface area is 122 Å². The third-order valence-electron chi connectivity index (χ3n) is 3.28. The van der Waals surface area contributed by atoms with Crippen LogP contribution in [0.2, 0.25) is 0 Å². The van der Waals surface area contributed by atoms with E-state index in [-0.39, 0.29) is 0 Å². The molecule has 0 unspecified atom stereocenters. The summed E-state index contributed by atoms with van der Waals surface area (Å²) >= 11 is 0. The van der Waals surface area contributed by atoms with Crippen LogP contribution in [0.1, 0.15) is 22.8 Å². The van der Waals surface area contributed by atoms with Gasteiger partial charge >= 0.3 is 0 Å². The Hall–Kier alpha value is -1.04. The lowest BCUT2D eigenvalue weighted by molar-refractivity contribution is 0.199. The molecule has 0 aliphatic carbocycles. The molecule has 5 heteroatoms. The minimum absolute atomic E-state index is 0.748. The van der Waals surface area contributed by atoms with Gasteiger partial charge in [0, 0.05) is 38.0 Å². The predicted molar refractivity (Wildman–Crippen MR) is 82.2 cm³/mol. The van der Waals surface area contributed by atoms with Gasteiger partial charge in [-0.05, 0) is 46.5 Å². The monoisotopic (exact) mass is 280 g/mol. The SMILES string of the molecule is COCCNCCc1c(C)nc(CCN(C)C)nc1C. The van der Waals surface area contributed by atoms with E-state index in [0.29, 0.717) is 0 Å². The fourth-order valence-electron chi connectivity index (χ4n) is 2.12. The topological polar surface area (TPSA) is 50.3 Å². The fraction of sp³-hybridized carbons (Fsp3) is 0.733. The van der Waals surface area contributed by atoms with Gasteiger partial charge in [0.25, 0.3) is 0 Å². The molecule has 0 atom stereocenters. The summed E-state index contributed by atoms with van der Waals surface area (Å²) in [7, 11) is 5.86. The summed E-state index contributed by atoms with van der Waals surface area (Å²) in [5.74, 6) is 0.949. The second-order valence-corrected chi connectivity index (χ2v) is 5.34. The Morgan fingerprint density at radius 3 is 2.25 bits per heavy atom. The van der Waals surface area contributed by atoms with Crippen LogP contribution in [-0.4, -0.2) is 62.3 Å². The van der Waals surface area contributed by atoms with E-state index in [9.17, 15) is 0 Å². The molecule has 0 aliphatic rings. The first-order chi connectivity index (χ1) is 9.54. The van der Waals surface area contributed by atoms with Crippen molar-refractivity contribution >= 4 is 0 Å². The first kappa shape index (κ1) is 17.0. The molecule has 1 rings (SSSR count). The van der Waals surface area contributed by atoms with Crippen molar-refractivity contribution in [3.63, 3.8) is 0 Å². The van der Waals surface area contributed by atoms with Crippen molar-refractivity contribution in [2.45, 2.75) is 26.7 Å². The molecule has 0 aliphatic heterocycles. The zero-order valence-electron chi connectivity index (χ0n) is 13.5. The van der Waals surface area contributed by atoms with Gasteiger partial charge in [-0.1, -0.05) is 0 Å². The summed E-state index contributed by atoms with van der Waals surface area (Å²) in [6.45, 7) is 7.72.